The molecule has 0 aliphatic rings. The second-order valence-corrected chi connectivity index (χ2v) is 6.33. The molecule has 0 radical (unpaired) electrons. The van der Waals surface area contributed by atoms with Gasteiger partial charge in [0.25, 0.3) is 5.91 Å². The summed E-state index contributed by atoms with van der Waals surface area (Å²) < 4.78 is 5.14. The summed E-state index contributed by atoms with van der Waals surface area (Å²) in [4.78, 5) is 24.2. The lowest BCUT2D eigenvalue weighted by Gasteiger charge is -2.19. The number of nitrogens with one attached hydrogen (secondary N) is 1. The molecule has 7 heteroatoms. The molecule has 2 aromatic carbocycles. The fraction of sp³-hybridized carbons (Fsp3) is 0.222. The van der Waals surface area contributed by atoms with Crippen LogP contribution in [-0.2, 0) is 9.53 Å². The summed E-state index contributed by atoms with van der Waals surface area (Å²) in [6.45, 7) is 3.24. The Kier molecular flexibility index (Phi) is 6.28. The lowest BCUT2D eigenvalue weighted by atomic mass is 10.1. The highest BCUT2D eigenvalue weighted by Crippen LogP contribution is 2.26. The van der Waals surface area contributed by atoms with Gasteiger partial charge in [0.1, 0.15) is 5.75 Å². The number of carbonyl (C=O) groups excluding carboxylic acids is 2. The first-order valence-corrected chi connectivity index (χ1v) is 8.29. The Labute approximate surface area is 155 Å². The fourth-order valence-corrected chi connectivity index (χ4v) is 2.71. The van der Waals surface area contributed by atoms with E-state index in [1.165, 1.54) is 31.2 Å². The average molecular weight is 382 g/mol. The Morgan fingerprint density at radius 3 is 2.32 bits per heavy atom. The third kappa shape index (κ3) is 5.11. The molecule has 0 aliphatic heterocycles. The van der Waals surface area contributed by atoms with Crippen LogP contribution in [0, 0.1) is 0 Å². The Balaban J connectivity index is 1.97. The quantitative estimate of drug-likeness (QED) is 0.763. The van der Waals surface area contributed by atoms with Gasteiger partial charge < -0.3 is 15.2 Å². The number of hydrogen-bond donors (Lipinski definition) is 2. The van der Waals surface area contributed by atoms with E-state index < -0.39 is 18.0 Å². The first kappa shape index (κ1) is 19.1. The van der Waals surface area contributed by atoms with Crippen LogP contribution in [0.3, 0.4) is 0 Å². The second kappa shape index (κ2) is 8.23. The number of ether oxygens (including phenoxy) is 1. The molecule has 0 unspecified atom stereocenters. The van der Waals surface area contributed by atoms with Crippen LogP contribution in [0.5, 0.6) is 5.75 Å². The van der Waals surface area contributed by atoms with Gasteiger partial charge in [0.05, 0.1) is 11.6 Å². The standard InChI is InChI=1S/C18H17Cl2NO4/c1-10(15-8-5-13(19)9-16(15)20)21-17(23)11(2)25-18(24)12-3-6-14(22)7-4-12/h3-11,22H,1-2H3,(H,21,23)/t10-,11-/m0/s1. The highest BCUT2D eigenvalue weighted by atomic mass is 35.5. The Morgan fingerprint density at radius 1 is 1.08 bits per heavy atom. The van der Waals surface area contributed by atoms with Crippen molar-refractivity contribution in [1.29, 1.82) is 0 Å². The van der Waals surface area contributed by atoms with Gasteiger partial charge in [-0.05, 0) is 55.8 Å². The van der Waals surface area contributed by atoms with E-state index in [0.29, 0.717) is 15.6 Å². The van der Waals surface area contributed by atoms with Gasteiger partial charge in [-0.2, -0.15) is 0 Å². The van der Waals surface area contributed by atoms with Crippen molar-refractivity contribution in [1.82, 2.24) is 5.32 Å². The van der Waals surface area contributed by atoms with Crippen molar-refractivity contribution in [3.8, 4) is 5.75 Å². The topological polar surface area (TPSA) is 75.6 Å². The predicted octanol–water partition coefficient (Wildman–Crippen LogP) is 4.12. The highest BCUT2D eigenvalue weighted by molar-refractivity contribution is 6.35. The van der Waals surface area contributed by atoms with E-state index in [4.69, 9.17) is 27.9 Å². The van der Waals surface area contributed by atoms with E-state index in [0.717, 1.165) is 0 Å². The molecule has 0 heterocycles. The zero-order chi connectivity index (χ0) is 18.6. The molecule has 132 valence electrons. The maximum absolute atomic E-state index is 12.2. The Morgan fingerprint density at radius 2 is 1.72 bits per heavy atom. The van der Waals surface area contributed by atoms with Crippen LogP contribution in [0.25, 0.3) is 0 Å². The lowest BCUT2D eigenvalue weighted by Crippen LogP contribution is -2.37. The number of esters is 1. The second-order valence-electron chi connectivity index (χ2n) is 5.49. The summed E-state index contributed by atoms with van der Waals surface area (Å²) in [7, 11) is 0. The van der Waals surface area contributed by atoms with Crippen molar-refractivity contribution < 1.29 is 19.4 Å². The monoisotopic (exact) mass is 381 g/mol. The summed E-state index contributed by atoms with van der Waals surface area (Å²) in [5, 5.41) is 12.9. The normalized spacial score (nSPS) is 13.0. The number of benzene rings is 2. The molecule has 2 atom stereocenters. The van der Waals surface area contributed by atoms with E-state index in [9.17, 15) is 14.7 Å². The first-order chi connectivity index (χ1) is 11.8. The van der Waals surface area contributed by atoms with E-state index >= 15 is 0 Å². The average Bonchev–Trinajstić information content (AvgIpc) is 2.55. The number of halogens is 2. The molecule has 0 bridgehead atoms. The van der Waals surface area contributed by atoms with Crippen LogP contribution >= 0.6 is 23.2 Å². The van der Waals surface area contributed by atoms with Crippen molar-refractivity contribution in [2.45, 2.75) is 26.0 Å². The molecule has 2 N–H and O–H groups in total. The van der Waals surface area contributed by atoms with Crippen LogP contribution in [0.1, 0.15) is 35.8 Å². The van der Waals surface area contributed by atoms with Gasteiger partial charge in [-0.25, -0.2) is 4.79 Å². The molecule has 0 aliphatic carbocycles. The molecule has 0 fully saturated rings. The minimum Gasteiger partial charge on any atom is -0.508 e. The van der Waals surface area contributed by atoms with Gasteiger partial charge >= 0.3 is 5.97 Å². The number of rotatable bonds is 5. The number of amides is 1. The predicted molar refractivity (Wildman–Crippen MR) is 96.0 cm³/mol. The van der Waals surface area contributed by atoms with Crippen molar-refractivity contribution in [3.05, 3.63) is 63.6 Å². The van der Waals surface area contributed by atoms with Crippen molar-refractivity contribution in [2.75, 3.05) is 0 Å². The molecule has 2 rings (SSSR count). The van der Waals surface area contributed by atoms with Crippen LogP contribution in [0.2, 0.25) is 10.0 Å². The molecule has 0 saturated heterocycles. The van der Waals surface area contributed by atoms with Gasteiger partial charge in [0.2, 0.25) is 0 Å². The Hall–Kier alpha value is -2.24. The molecule has 0 aromatic heterocycles. The van der Waals surface area contributed by atoms with Gasteiger partial charge in [0, 0.05) is 10.0 Å². The van der Waals surface area contributed by atoms with Crippen LogP contribution in [0.4, 0.5) is 0 Å². The summed E-state index contributed by atoms with van der Waals surface area (Å²) >= 11 is 12.0. The molecule has 1 amide bonds. The van der Waals surface area contributed by atoms with Gasteiger partial charge in [0.15, 0.2) is 6.10 Å². The molecular weight excluding hydrogens is 365 g/mol. The summed E-state index contributed by atoms with van der Waals surface area (Å²) in [5.41, 5.74) is 0.947. The SMILES string of the molecule is C[C@H](OC(=O)c1ccc(O)cc1)C(=O)N[C@@H](C)c1ccc(Cl)cc1Cl. The molecule has 2 aromatic rings. The lowest BCUT2D eigenvalue weighted by molar-refractivity contribution is -0.129. The molecular formula is C18H17Cl2NO4. The first-order valence-electron chi connectivity index (χ1n) is 7.53. The summed E-state index contributed by atoms with van der Waals surface area (Å²) in [5.74, 6) is -1.07. The number of phenolic OH excluding ortho intramolecular Hbond substituents is 1. The number of phenols is 1. The van der Waals surface area contributed by atoms with Crippen molar-refractivity contribution in [2.24, 2.45) is 0 Å². The van der Waals surface area contributed by atoms with E-state index in [2.05, 4.69) is 5.32 Å². The largest absolute Gasteiger partial charge is 0.508 e. The number of carbonyl (C=O) groups is 2. The van der Waals surface area contributed by atoms with Crippen LogP contribution in [-0.4, -0.2) is 23.1 Å². The van der Waals surface area contributed by atoms with E-state index in [-0.39, 0.29) is 17.4 Å². The van der Waals surface area contributed by atoms with E-state index in [1.54, 1.807) is 25.1 Å². The van der Waals surface area contributed by atoms with Gasteiger partial charge in [-0.15, -0.1) is 0 Å². The maximum atomic E-state index is 12.2. The van der Waals surface area contributed by atoms with Gasteiger partial charge in [-0.1, -0.05) is 29.3 Å². The fourth-order valence-electron chi connectivity index (χ4n) is 2.14. The Bertz CT molecular complexity index is 777. The van der Waals surface area contributed by atoms with Gasteiger partial charge in [-0.3, -0.25) is 4.79 Å². The number of aromatic hydroxyl groups is 1. The third-order valence-electron chi connectivity index (χ3n) is 3.54. The molecule has 0 saturated carbocycles. The molecule has 5 nitrogen and oxygen atoms in total. The molecule has 25 heavy (non-hydrogen) atoms. The van der Waals surface area contributed by atoms with Crippen LogP contribution in [0.15, 0.2) is 42.5 Å². The summed E-state index contributed by atoms with van der Waals surface area (Å²) in [6.07, 6.45) is -0.991. The highest BCUT2D eigenvalue weighted by Gasteiger charge is 2.21. The maximum Gasteiger partial charge on any atom is 0.338 e. The zero-order valence-corrected chi connectivity index (χ0v) is 15.1. The summed E-state index contributed by atoms with van der Waals surface area (Å²) in [6, 6.07) is 10.2. The minimum atomic E-state index is -0.991. The van der Waals surface area contributed by atoms with E-state index in [1.807, 2.05) is 0 Å². The van der Waals surface area contributed by atoms with Crippen LogP contribution < -0.4 is 5.32 Å². The zero-order valence-electron chi connectivity index (χ0n) is 13.6. The van der Waals surface area contributed by atoms with Crippen molar-refractivity contribution in [3.63, 3.8) is 0 Å². The van der Waals surface area contributed by atoms with Crippen molar-refractivity contribution >= 4 is 35.1 Å². The molecule has 0 spiro atoms. The minimum absolute atomic E-state index is 0.0380. The number of hydrogen-bond acceptors (Lipinski definition) is 4. The third-order valence-corrected chi connectivity index (χ3v) is 4.11. The smallest absolute Gasteiger partial charge is 0.338 e.